The van der Waals surface area contributed by atoms with Gasteiger partial charge in [-0.25, -0.2) is 0 Å². The van der Waals surface area contributed by atoms with Crippen LogP contribution in [0.25, 0.3) is 10.6 Å². The molecule has 0 aliphatic rings. The van der Waals surface area contributed by atoms with Crippen LogP contribution in [0.3, 0.4) is 0 Å². The van der Waals surface area contributed by atoms with Crippen molar-refractivity contribution in [3.05, 3.63) is 22.2 Å². The Balaban J connectivity index is 2.53. The first-order valence-electron chi connectivity index (χ1n) is 3.38. The maximum Gasteiger partial charge on any atom is 0.191 e. The van der Waals surface area contributed by atoms with E-state index in [2.05, 4.69) is 15.4 Å². The normalized spacial score (nSPS) is 9.85. The summed E-state index contributed by atoms with van der Waals surface area (Å²) in [5, 5.41) is 18.6. The minimum absolute atomic E-state index is 0.290. The third kappa shape index (κ3) is 1.41. The molecule has 0 atom stereocenters. The number of hydrogen-bond donors (Lipinski definition) is 1. The van der Waals surface area contributed by atoms with E-state index in [1.165, 1.54) is 11.3 Å². The van der Waals surface area contributed by atoms with Crippen molar-refractivity contribution in [1.82, 2.24) is 15.4 Å². The van der Waals surface area contributed by atoms with E-state index in [0.717, 1.165) is 4.88 Å². The van der Waals surface area contributed by atoms with Crippen LogP contribution in [0.2, 0.25) is 4.34 Å². The number of nitrogens with zero attached hydrogens (tertiary/aromatic N) is 3. The van der Waals surface area contributed by atoms with Crippen LogP contribution in [0.1, 0.15) is 5.69 Å². The molecule has 0 aliphatic heterocycles. The number of halogens is 1. The number of aromatic nitrogens is 3. The molecule has 0 unspecified atom stereocenters. The smallest absolute Gasteiger partial charge is 0.191 e. The lowest BCUT2D eigenvalue weighted by molar-refractivity contribution is 0.937. The summed E-state index contributed by atoms with van der Waals surface area (Å²) in [5.74, 6) is 0. The van der Waals surface area contributed by atoms with Gasteiger partial charge < -0.3 is 0 Å². The van der Waals surface area contributed by atoms with Gasteiger partial charge in [-0.3, -0.25) is 0 Å². The first-order chi connectivity index (χ1) is 6.31. The zero-order chi connectivity index (χ0) is 9.26. The monoisotopic (exact) mass is 210 g/mol. The summed E-state index contributed by atoms with van der Waals surface area (Å²) in [6, 6.07) is 5.51. The Hall–Kier alpha value is -1.38. The molecule has 1 N–H and O–H groups in total. The fourth-order valence-corrected chi connectivity index (χ4v) is 1.96. The molecule has 2 rings (SSSR count). The van der Waals surface area contributed by atoms with Gasteiger partial charge >= 0.3 is 0 Å². The summed E-state index contributed by atoms with van der Waals surface area (Å²) >= 11 is 7.12. The molecule has 2 aromatic rings. The first-order valence-corrected chi connectivity index (χ1v) is 4.57. The molecule has 0 aliphatic carbocycles. The highest BCUT2D eigenvalue weighted by Crippen LogP contribution is 2.30. The van der Waals surface area contributed by atoms with Gasteiger partial charge in [0.1, 0.15) is 11.8 Å². The van der Waals surface area contributed by atoms with Gasteiger partial charge in [-0.2, -0.15) is 15.6 Å². The molecular weight excluding hydrogens is 208 g/mol. The molecule has 0 bridgehead atoms. The van der Waals surface area contributed by atoms with Crippen LogP contribution in [-0.4, -0.2) is 15.4 Å². The van der Waals surface area contributed by atoms with Gasteiger partial charge in [-0.1, -0.05) is 11.6 Å². The van der Waals surface area contributed by atoms with Crippen molar-refractivity contribution in [3.63, 3.8) is 0 Å². The Morgan fingerprint density at radius 2 is 2.31 bits per heavy atom. The topological polar surface area (TPSA) is 65.4 Å². The summed E-state index contributed by atoms with van der Waals surface area (Å²) in [7, 11) is 0. The summed E-state index contributed by atoms with van der Waals surface area (Å²) in [5.41, 5.74) is 0.845. The summed E-state index contributed by atoms with van der Waals surface area (Å²) in [6.45, 7) is 0. The van der Waals surface area contributed by atoms with E-state index < -0.39 is 0 Å². The molecule has 6 heteroatoms. The van der Waals surface area contributed by atoms with E-state index in [4.69, 9.17) is 16.9 Å². The van der Waals surface area contributed by atoms with Crippen LogP contribution in [-0.2, 0) is 0 Å². The van der Waals surface area contributed by atoms with Crippen molar-refractivity contribution in [1.29, 1.82) is 5.26 Å². The van der Waals surface area contributed by atoms with Crippen molar-refractivity contribution < 1.29 is 0 Å². The highest BCUT2D eigenvalue weighted by atomic mass is 35.5. The Labute approximate surface area is 82.8 Å². The molecule has 0 saturated heterocycles. The van der Waals surface area contributed by atoms with Crippen molar-refractivity contribution >= 4 is 22.9 Å². The third-order valence-corrected chi connectivity index (χ3v) is 2.70. The maximum absolute atomic E-state index is 8.67. The minimum atomic E-state index is 0.290. The van der Waals surface area contributed by atoms with Crippen LogP contribution in [0.5, 0.6) is 0 Å². The molecule has 4 nitrogen and oxygen atoms in total. The highest BCUT2D eigenvalue weighted by molar-refractivity contribution is 7.19. The summed E-state index contributed by atoms with van der Waals surface area (Å²) < 4.78 is 0.668. The summed E-state index contributed by atoms with van der Waals surface area (Å²) in [6.07, 6.45) is 0. The van der Waals surface area contributed by atoms with Crippen LogP contribution in [0.15, 0.2) is 12.1 Å². The van der Waals surface area contributed by atoms with Gasteiger partial charge in [-0.15, -0.1) is 16.4 Å². The van der Waals surface area contributed by atoms with Gasteiger partial charge in [0.2, 0.25) is 0 Å². The zero-order valence-corrected chi connectivity index (χ0v) is 7.85. The SMILES string of the molecule is N#Cc1n[nH]nc1-c1ccc(Cl)s1. The Morgan fingerprint density at radius 3 is 2.92 bits per heavy atom. The van der Waals surface area contributed by atoms with Crippen LogP contribution in [0.4, 0.5) is 0 Å². The molecule has 0 aromatic carbocycles. The molecule has 2 heterocycles. The van der Waals surface area contributed by atoms with Gasteiger partial charge in [0, 0.05) is 0 Å². The lowest BCUT2D eigenvalue weighted by Crippen LogP contribution is -1.77. The Kier molecular flexibility index (Phi) is 2.00. The largest absolute Gasteiger partial charge is 0.196 e. The summed E-state index contributed by atoms with van der Waals surface area (Å²) in [4.78, 5) is 0.843. The molecule has 0 saturated carbocycles. The molecule has 2 aromatic heterocycles. The lowest BCUT2D eigenvalue weighted by Gasteiger charge is -1.86. The number of thiophene rings is 1. The predicted molar refractivity (Wildman–Crippen MR) is 49.4 cm³/mol. The zero-order valence-electron chi connectivity index (χ0n) is 6.28. The number of nitriles is 1. The van der Waals surface area contributed by atoms with Crippen LogP contribution >= 0.6 is 22.9 Å². The molecule has 0 fully saturated rings. The lowest BCUT2D eigenvalue weighted by atomic mass is 10.3. The number of rotatable bonds is 1. The Morgan fingerprint density at radius 1 is 1.46 bits per heavy atom. The molecule has 13 heavy (non-hydrogen) atoms. The highest BCUT2D eigenvalue weighted by Gasteiger charge is 2.11. The van der Waals surface area contributed by atoms with Crippen molar-refractivity contribution in [2.24, 2.45) is 0 Å². The van der Waals surface area contributed by atoms with E-state index in [9.17, 15) is 0 Å². The van der Waals surface area contributed by atoms with E-state index in [0.29, 0.717) is 15.7 Å². The number of aromatic amines is 1. The van der Waals surface area contributed by atoms with E-state index in [-0.39, 0.29) is 0 Å². The molecular formula is C7H3ClN4S. The minimum Gasteiger partial charge on any atom is -0.196 e. The Bertz CT molecular complexity index is 467. The standard InChI is InChI=1S/C7H3ClN4S/c8-6-2-1-5(13-6)7-4(3-9)10-12-11-7/h1-2H,(H,10,11,12). The second-order valence-electron chi connectivity index (χ2n) is 2.24. The number of hydrogen-bond acceptors (Lipinski definition) is 4. The third-order valence-electron chi connectivity index (χ3n) is 1.46. The van der Waals surface area contributed by atoms with Gasteiger partial charge in [0.25, 0.3) is 0 Å². The second kappa shape index (κ2) is 3.17. The van der Waals surface area contributed by atoms with E-state index in [1.54, 1.807) is 6.07 Å². The van der Waals surface area contributed by atoms with Gasteiger partial charge in [-0.05, 0) is 12.1 Å². The number of H-pyrrole nitrogens is 1. The molecule has 64 valence electrons. The fourth-order valence-electron chi connectivity index (χ4n) is 0.922. The van der Waals surface area contributed by atoms with Crippen molar-refractivity contribution in [2.75, 3.05) is 0 Å². The van der Waals surface area contributed by atoms with Gasteiger partial charge in [0.05, 0.1) is 9.21 Å². The fraction of sp³-hybridized carbons (Fsp3) is 0. The number of nitrogens with one attached hydrogen (secondary N) is 1. The predicted octanol–water partition coefficient (Wildman–Crippen LogP) is 2.06. The molecule has 0 spiro atoms. The van der Waals surface area contributed by atoms with Gasteiger partial charge in [0.15, 0.2) is 5.69 Å². The quantitative estimate of drug-likeness (QED) is 0.784. The average Bonchev–Trinajstić information content (AvgIpc) is 2.71. The van der Waals surface area contributed by atoms with E-state index in [1.807, 2.05) is 12.1 Å². The van der Waals surface area contributed by atoms with Crippen LogP contribution in [0, 0.1) is 11.3 Å². The van der Waals surface area contributed by atoms with Crippen molar-refractivity contribution in [3.8, 4) is 16.6 Å². The maximum atomic E-state index is 8.67. The first kappa shape index (κ1) is 8.23. The molecule has 0 radical (unpaired) electrons. The molecule has 0 amide bonds. The van der Waals surface area contributed by atoms with Crippen molar-refractivity contribution in [2.45, 2.75) is 0 Å². The second-order valence-corrected chi connectivity index (χ2v) is 3.95. The van der Waals surface area contributed by atoms with Crippen LogP contribution < -0.4 is 0 Å². The van der Waals surface area contributed by atoms with E-state index >= 15 is 0 Å². The average molecular weight is 211 g/mol.